The molecule has 6 nitrogen and oxygen atoms in total. The largest absolute Gasteiger partial charge is 0.508 e. The molecule has 76 valence electrons. The van der Waals surface area contributed by atoms with Gasteiger partial charge >= 0.3 is 0 Å². The molecule has 0 atom stereocenters. The van der Waals surface area contributed by atoms with Crippen LogP contribution in [-0.2, 0) is 14.4 Å². The first-order chi connectivity index (χ1) is 6.43. The van der Waals surface area contributed by atoms with Crippen LogP contribution >= 0.6 is 0 Å². The Morgan fingerprint density at radius 2 is 2.00 bits per heavy atom. The molecular formula is C8H10N2O4. The Kier molecular flexibility index (Phi) is 2.55. The minimum absolute atomic E-state index is 0.177. The Morgan fingerprint density at radius 1 is 1.43 bits per heavy atom. The number of aliphatic hydroxyl groups is 1. The van der Waals surface area contributed by atoms with Gasteiger partial charge in [0.15, 0.2) is 0 Å². The number of rotatable bonds is 1. The highest BCUT2D eigenvalue weighted by Crippen LogP contribution is 2.14. The summed E-state index contributed by atoms with van der Waals surface area (Å²) < 4.78 is 0. The molecule has 0 fully saturated rings. The summed E-state index contributed by atoms with van der Waals surface area (Å²) in [7, 11) is 0. The summed E-state index contributed by atoms with van der Waals surface area (Å²) in [5, 5.41) is 11.5. The van der Waals surface area contributed by atoms with Gasteiger partial charge in [-0.1, -0.05) is 0 Å². The predicted octanol–water partition coefficient (Wildman–Crippen LogP) is -0.719. The number of hydrogen-bond acceptors (Lipinski definition) is 4. The number of imide groups is 1. The Balaban J connectivity index is 2.87. The predicted molar refractivity (Wildman–Crippen MR) is 45.9 cm³/mol. The SMILES string of the molecule is CC(=O)NC1=C(O)CN(C(C)=O)C1=O. The Bertz CT molecular complexity index is 345. The Morgan fingerprint density at radius 3 is 2.36 bits per heavy atom. The van der Waals surface area contributed by atoms with Crippen molar-refractivity contribution in [1.82, 2.24) is 10.2 Å². The third-order valence-corrected chi connectivity index (χ3v) is 1.74. The van der Waals surface area contributed by atoms with E-state index in [1.807, 2.05) is 0 Å². The molecule has 0 unspecified atom stereocenters. The first-order valence-corrected chi connectivity index (χ1v) is 3.95. The van der Waals surface area contributed by atoms with Crippen molar-refractivity contribution in [2.75, 3.05) is 6.54 Å². The first kappa shape index (κ1) is 10.2. The van der Waals surface area contributed by atoms with Crippen LogP contribution in [0.15, 0.2) is 11.5 Å². The van der Waals surface area contributed by atoms with Crippen molar-refractivity contribution in [3.8, 4) is 0 Å². The fourth-order valence-electron chi connectivity index (χ4n) is 1.11. The molecule has 0 saturated carbocycles. The zero-order valence-corrected chi connectivity index (χ0v) is 7.83. The van der Waals surface area contributed by atoms with Gasteiger partial charge in [-0.3, -0.25) is 19.3 Å². The lowest BCUT2D eigenvalue weighted by atomic mass is 10.4. The minimum Gasteiger partial charge on any atom is -0.508 e. The molecule has 0 aromatic carbocycles. The number of carbonyl (C=O) groups excluding carboxylic acids is 3. The second-order valence-electron chi connectivity index (χ2n) is 2.91. The van der Waals surface area contributed by atoms with E-state index in [2.05, 4.69) is 5.32 Å². The average Bonchev–Trinajstić information content (AvgIpc) is 2.31. The van der Waals surface area contributed by atoms with Crippen LogP contribution in [0.2, 0.25) is 0 Å². The van der Waals surface area contributed by atoms with Gasteiger partial charge in [0.25, 0.3) is 5.91 Å². The molecule has 0 aromatic rings. The van der Waals surface area contributed by atoms with Crippen LogP contribution in [0.1, 0.15) is 13.8 Å². The van der Waals surface area contributed by atoms with Gasteiger partial charge in [0.2, 0.25) is 11.8 Å². The van der Waals surface area contributed by atoms with E-state index in [4.69, 9.17) is 0 Å². The molecule has 3 amide bonds. The fourth-order valence-corrected chi connectivity index (χ4v) is 1.11. The summed E-state index contributed by atoms with van der Waals surface area (Å²) in [5.41, 5.74) is -0.215. The smallest absolute Gasteiger partial charge is 0.280 e. The highest BCUT2D eigenvalue weighted by molar-refractivity contribution is 6.07. The summed E-state index contributed by atoms with van der Waals surface area (Å²) >= 11 is 0. The van der Waals surface area contributed by atoms with Crippen molar-refractivity contribution < 1.29 is 19.5 Å². The van der Waals surface area contributed by atoms with Crippen molar-refractivity contribution in [1.29, 1.82) is 0 Å². The minimum atomic E-state index is -0.676. The van der Waals surface area contributed by atoms with Crippen LogP contribution in [0.5, 0.6) is 0 Å². The molecule has 0 spiro atoms. The molecule has 6 heteroatoms. The van der Waals surface area contributed by atoms with Gasteiger partial charge in [-0.2, -0.15) is 0 Å². The van der Waals surface area contributed by atoms with Gasteiger partial charge in [-0.25, -0.2) is 0 Å². The van der Waals surface area contributed by atoms with E-state index in [0.717, 1.165) is 4.90 Å². The van der Waals surface area contributed by atoms with Crippen molar-refractivity contribution in [3.63, 3.8) is 0 Å². The van der Waals surface area contributed by atoms with E-state index in [0.29, 0.717) is 0 Å². The summed E-state index contributed by atoms with van der Waals surface area (Å²) in [6, 6.07) is 0. The fraction of sp³-hybridized carbons (Fsp3) is 0.375. The number of aliphatic hydroxyl groups excluding tert-OH is 1. The lowest BCUT2D eigenvalue weighted by Crippen LogP contribution is -2.35. The van der Waals surface area contributed by atoms with Crippen LogP contribution in [0.25, 0.3) is 0 Å². The van der Waals surface area contributed by atoms with Gasteiger partial charge in [-0.05, 0) is 0 Å². The van der Waals surface area contributed by atoms with E-state index < -0.39 is 17.7 Å². The molecule has 0 radical (unpaired) electrons. The maximum atomic E-state index is 11.4. The molecule has 0 aromatic heterocycles. The second kappa shape index (κ2) is 3.49. The van der Waals surface area contributed by atoms with Gasteiger partial charge in [-0.15, -0.1) is 0 Å². The highest BCUT2D eigenvalue weighted by atomic mass is 16.3. The van der Waals surface area contributed by atoms with Crippen LogP contribution in [0.4, 0.5) is 0 Å². The Hall–Kier alpha value is -1.85. The zero-order chi connectivity index (χ0) is 10.9. The lowest BCUT2D eigenvalue weighted by molar-refractivity contribution is -0.140. The number of nitrogens with zero attached hydrogens (tertiary/aromatic N) is 1. The average molecular weight is 198 g/mol. The molecule has 1 heterocycles. The summed E-state index contributed by atoms with van der Waals surface area (Å²) in [6.45, 7) is 2.25. The second-order valence-corrected chi connectivity index (χ2v) is 2.91. The molecule has 0 aliphatic carbocycles. The van der Waals surface area contributed by atoms with Crippen molar-refractivity contribution in [2.24, 2.45) is 0 Å². The van der Waals surface area contributed by atoms with E-state index in [-0.39, 0.29) is 18.0 Å². The van der Waals surface area contributed by atoms with Crippen LogP contribution in [-0.4, -0.2) is 34.3 Å². The van der Waals surface area contributed by atoms with Crippen LogP contribution < -0.4 is 5.32 Å². The maximum absolute atomic E-state index is 11.4. The van der Waals surface area contributed by atoms with Gasteiger partial charge < -0.3 is 10.4 Å². The van der Waals surface area contributed by atoms with Crippen molar-refractivity contribution >= 4 is 17.7 Å². The third kappa shape index (κ3) is 1.73. The number of carbonyl (C=O) groups is 3. The molecule has 14 heavy (non-hydrogen) atoms. The molecule has 1 aliphatic heterocycles. The monoisotopic (exact) mass is 198 g/mol. The summed E-state index contributed by atoms with van der Waals surface area (Å²) in [5.74, 6) is -1.90. The molecular weight excluding hydrogens is 188 g/mol. The normalized spacial score (nSPS) is 16.1. The van der Waals surface area contributed by atoms with E-state index >= 15 is 0 Å². The summed E-state index contributed by atoms with van der Waals surface area (Å²) in [6.07, 6.45) is 0. The molecule has 0 saturated heterocycles. The van der Waals surface area contributed by atoms with Crippen molar-refractivity contribution in [2.45, 2.75) is 13.8 Å². The molecule has 0 bridgehead atoms. The number of hydrogen-bond donors (Lipinski definition) is 2. The Labute approximate surface area is 80.2 Å². The molecule has 2 N–H and O–H groups in total. The topological polar surface area (TPSA) is 86.7 Å². The van der Waals surface area contributed by atoms with E-state index in [1.54, 1.807) is 0 Å². The zero-order valence-electron chi connectivity index (χ0n) is 7.83. The van der Waals surface area contributed by atoms with Crippen LogP contribution in [0.3, 0.4) is 0 Å². The van der Waals surface area contributed by atoms with Gasteiger partial charge in [0.05, 0.1) is 6.54 Å². The lowest BCUT2D eigenvalue weighted by Gasteiger charge is -2.10. The quantitative estimate of drug-likeness (QED) is 0.582. The van der Waals surface area contributed by atoms with Gasteiger partial charge in [0, 0.05) is 13.8 Å². The standard InChI is InChI=1S/C8H10N2O4/c1-4(11)9-7-6(13)3-10(5(2)12)8(7)14/h13H,3H2,1-2H3,(H,9,11). The van der Waals surface area contributed by atoms with E-state index in [9.17, 15) is 19.5 Å². The van der Waals surface area contributed by atoms with Crippen molar-refractivity contribution in [3.05, 3.63) is 11.5 Å². The summed E-state index contributed by atoms with van der Waals surface area (Å²) in [4.78, 5) is 33.8. The molecule has 1 aliphatic rings. The highest BCUT2D eigenvalue weighted by Gasteiger charge is 2.33. The molecule has 1 rings (SSSR count). The maximum Gasteiger partial charge on any atom is 0.280 e. The van der Waals surface area contributed by atoms with E-state index in [1.165, 1.54) is 13.8 Å². The first-order valence-electron chi connectivity index (χ1n) is 3.95. The number of amides is 3. The van der Waals surface area contributed by atoms with Gasteiger partial charge in [0.1, 0.15) is 11.5 Å². The number of nitrogens with one attached hydrogen (secondary N) is 1. The van der Waals surface area contributed by atoms with Crippen LogP contribution in [0, 0.1) is 0 Å². The third-order valence-electron chi connectivity index (χ3n) is 1.74.